The van der Waals surface area contributed by atoms with Gasteiger partial charge in [-0.05, 0) is 55.7 Å². The van der Waals surface area contributed by atoms with Crippen molar-refractivity contribution in [2.45, 2.75) is 32.2 Å². The number of nitrogens with two attached hydrogens (primary N) is 1. The Morgan fingerprint density at radius 1 is 1.27 bits per heavy atom. The van der Waals surface area contributed by atoms with Gasteiger partial charge in [-0.1, -0.05) is 19.1 Å². The number of anilines is 1. The summed E-state index contributed by atoms with van der Waals surface area (Å²) in [6.07, 6.45) is 8.82. The van der Waals surface area contributed by atoms with Gasteiger partial charge in [-0.25, -0.2) is 13.4 Å². The second-order valence-corrected chi connectivity index (χ2v) is 10.9. The van der Waals surface area contributed by atoms with Gasteiger partial charge in [-0.2, -0.15) is 15.1 Å². The average molecular weight is 519 g/mol. The summed E-state index contributed by atoms with van der Waals surface area (Å²) >= 11 is 0. The van der Waals surface area contributed by atoms with E-state index in [1.54, 1.807) is 55.1 Å². The number of hydrogen-bond donors (Lipinski definition) is 2. The van der Waals surface area contributed by atoms with Crippen LogP contribution in [-0.4, -0.2) is 52.8 Å². The fourth-order valence-corrected chi connectivity index (χ4v) is 6.03. The molecular weight excluding hydrogens is 490 g/mol. The zero-order valence-corrected chi connectivity index (χ0v) is 21.2. The van der Waals surface area contributed by atoms with Gasteiger partial charge in [-0.15, -0.1) is 4.59 Å². The van der Waals surface area contributed by atoms with Crippen LogP contribution >= 0.6 is 0 Å². The molecule has 3 aliphatic heterocycles. The van der Waals surface area contributed by atoms with Crippen LogP contribution in [-0.2, 0) is 10.0 Å². The van der Waals surface area contributed by atoms with Gasteiger partial charge in [0.15, 0.2) is 0 Å². The van der Waals surface area contributed by atoms with Crippen LogP contribution in [0.15, 0.2) is 88.4 Å². The summed E-state index contributed by atoms with van der Waals surface area (Å²) in [7, 11) is -3.66. The molecule has 1 fully saturated rings. The monoisotopic (exact) mass is 518 g/mol. The van der Waals surface area contributed by atoms with Gasteiger partial charge in [-0.3, -0.25) is 9.79 Å². The average Bonchev–Trinajstić information content (AvgIpc) is 3.21. The van der Waals surface area contributed by atoms with Crippen LogP contribution in [0.25, 0.3) is 0 Å². The Labute approximate surface area is 215 Å². The molecular formula is C26H28N7O3S+. The molecule has 5 rings (SSSR count). The van der Waals surface area contributed by atoms with Crippen molar-refractivity contribution < 1.29 is 17.8 Å². The Hall–Kier alpha value is -3.77. The Morgan fingerprint density at radius 2 is 2.11 bits per heavy atom. The van der Waals surface area contributed by atoms with Gasteiger partial charge in [0.1, 0.15) is 17.7 Å². The molecule has 0 aliphatic carbocycles. The number of amides is 1. The third-order valence-electron chi connectivity index (χ3n) is 6.77. The highest BCUT2D eigenvalue weighted by Gasteiger charge is 2.48. The first kappa shape index (κ1) is 24.9. The van der Waals surface area contributed by atoms with Crippen molar-refractivity contribution in [3.8, 4) is 0 Å². The number of aromatic nitrogens is 1. The lowest BCUT2D eigenvalue weighted by molar-refractivity contribution is -0.750. The fourth-order valence-electron chi connectivity index (χ4n) is 4.89. The number of aliphatic imine (C=N–C) groups is 2. The molecule has 37 heavy (non-hydrogen) atoms. The van der Waals surface area contributed by atoms with Crippen LogP contribution in [0.4, 0.5) is 5.82 Å². The lowest BCUT2D eigenvalue weighted by Gasteiger charge is -2.33. The van der Waals surface area contributed by atoms with E-state index in [0.717, 1.165) is 29.4 Å². The second-order valence-electron chi connectivity index (χ2n) is 9.09. The Balaban J connectivity index is 1.52. The van der Waals surface area contributed by atoms with Crippen LogP contribution in [0, 0.1) is 6.92 Å². The first-order valence-corrected chi connectivity index (χ1v) is 13.4. The van der Waals surface area contributed by atoms with Gasteiger partial charge in [0, 0.05) is 23.7 Å². The predicted molar refractivity (Wildman–Crippen MR) is 142 cm³/mol. The van der Waals surface area contributed by atoms with Crippen molar-refractivity contribution in [3.63, 3.8) is 0 Å². The van der Waals surface area contributed by atoms with Crippen LogP contribution in [0.5, 0.6) is 0 Å². The molecule has 0 radical (unpaired) electrons. The summed E-state index contributed by atoms with van der Waals surface area (Å²) in [6.45, 7) is 5.77. The quantitative estimate of drug-likeness (QED) is 0.448. The standard InChI is InChI=1S/C26H27N7O3S/c1-3-37(35,36)32-14-7-5-8-21(32)24-22-17-28-13-15-33(22,27)25(31-24)20-11-10-19(16-18(20)2)26(34)30-23-9-4-6-12-29-23/h3-4,6,9-13,15-17,21H,1,5,7-8,14,27H2,2H3/p+1/t21-,33?/m0/s1. The number of aryl methyl sites for hydroxylation is 1. The molecule has 10 nitrogen and oxygen atoms in total. The minimum absolute atomic E-state index is 0.238. The van der Waals surface area contributed by atoms with Crippen LogP contribution in [0.2, 0.25) is 0 Å². The summed E-state index contributed by atoms with van der Waals surface area (Å²) in [5, 5.41) is 3.77. The van der Waals surface area contributed by atoms with E-state index in [-0.39, 0.29) is 10.5 Å². The SMILES string of the molecule is C=CS(=O)(=O)N1CCCC[C@H]1C1=C2C=NC=C[N+]2(N)C(c2ccc(C(=O)Nc3ccccn3)cc2C)=N1. The number of benzene rings is 1. The molecule has 4 heterocycles. The molecule has 3 aliphatic rings. The maximum Gasteiger partial charge on any atom is 0.265 e. The maximum absolute atomic E-state index is 12.8. The summed E-state index contributed by atoms with van der Waals surface area (Å²) in [6, 6.07) is 10.1. The number of piperidine rings is 1. The molecule has 0 saturated carbocycles. The van der Waals surface area contributed by atoms with Crippen molar-refractivity contribution >= 4 is 33.8 Å². The number of quaternary nitrogens is 1. The van der Waals surface area contributed by atoms with E-state index in [1.807, 2.05) is 13.0 Å². The molecule has 0 bridgehead atoms. The Bertz CT molecular complexity index is 1500. The summed E-state index contributed by atoms with van der Waals surface area (Å²) in [4.78, 5) is 26.1. The Kier molecular flexibility index (Phi) is 6.46. The minimum Gasteiger partial charge on any atom is -0.307 e. The number of nitrogens with one attached hydrogen (secondary N) is 1. The van der Waals surface area contributed by atoms with Crippen molar-refractivity contribution in [1.82, 2.24) is 9.29 Å². The van der Waals surface area contributed by atoms with Crippen molar-refractivity contribution in [1.29, 1.82) is 0 Å². The minimum atomic E-state index is -3.66. The zero-order valence-electron chi connectivity index (χ0n) is 20.4. The number of allylic oxidation sites excluding steroid dienone is 1. The molecule has 11 heteroatoms. The first-order chi connectivity index (χ1) is 17.7. The summed E-state index contributed by atoms with van der Waals surface area (Å²) < 4.78 is 26.8. The largest absolute Gasteiger partial charge is 0.307 e. The topological polar surface area (TPSA) is 130 Å². The molecule has 1 unspecified atom stereocenters. The summed E-state index contributed by atoms with van der Waals surface area (Å²) in [5.41, 5.74) is 3.20. The number of carbonyl (C=O) groups excluding carboxylic acids is 1. The predicted octanol–water partition coefficient (Wildman–Crippen LogP) is 3.19. The van der Waals surface area contributed by atoms with E-state index >= 15 is 0 Å². The third-order valence-corrected chi connectivity index (χ3v) is 8.28. The third kappa shape index (κ3) is 4.46. The van der Waals surface area contributed by atoms with Gasteiger partial charge >= 0.3 is 0 Å². The Morgan fingerprint density at radius 3 is 2.84 bits per heavy atom. The molecule has 3 N–H and O–H groups in total. The molecule has 190 valence electrons. The number of hydrogen-bond acceptors (Lipinski definition) is 7. The molecule has 1 aromatic carbocycles. The van der Waals surface area contributed by atoms with E-state index in [1.165, 1.54) is 4.31 Å². The molecule has 2 aromatic rings. The highest BCUT2D eigenvalue weighted by Crippen LogP contribution is 2.38. The van der Waals surface area contributed by atoms with E-state index in [9.17, 15) is 13.2 Å². The molecule has 1 saturated heterocycles. The van der Waals surface area contributed by atoms with Gasteiger partial charge in [0.05, 0.1) is 24.0 Å². The number of amidine groups is 1. The fraction of sp³-hybridized carbons (Fsp3) is 0.231. The van der Waals surface area contributed by atoms with Crippen molar-refractivity contribution in [3.05, 3.63) is 95.1 Å². The van der Waals surface area contributed by atoms with Crippen LogP contribution < -0.4 is 11.2 Å². The number of carbonyl (C=O) groups is 1. The first-order valence-electron chi connectivity index (χ1n) is 11.9. The molecule has 0 spiro atoms. The van der Waals surface area contributed by atoms with Crippen LogP contribution in [0.3, 0.4) is 0 Å². The molecule has 1 amide bonds. The van der Waals surface area contributed by atoms with E-state index < -0.39 is 16.1 Å². The summed E-state index contributed by atoms with van der Waals surface area (Å²) in [5.74, 6) is 7.60. The highest BCUT2D eigenvalue weighted by atomic mass is 32.2. The normalized spacial score (nSPS) is 23.5. The van der Waals surface area contributed by atoms with Crippen LogP contribution in [0.1, 0.15) is 40.7 Å². The van der Waals surface area contributed by atoms with Gasteiger partial charge in [0.25, 0.3) is 11.7 Å². The van der Waals surface area contributed by atoms with Crippen molar-refractivity contribution in [2.24, 2.45) is 15.8 Å². The molecule has 1 aromatic heterocycles. The molecule has 2 atom stereocenters. The lowest BCUT2D eigenvalue weighted by atomic mass is 10.0. The van der Waals surface area contributed by atoms with Gasteiger partial charge in [0.2, 0.25) is 15.7 Å². The van der Waals surface area contributed by atoms with E-state index in [4.69, 9.17) is 10.8 Å². The van der Waals surface area contributed by atoms with Gasteiger partial charge < -0.3 is 5.32 Å². The van der Waals surface area contributed by atoms with E-state index in [2.05, 4.69) is 21.9 Å². The number of pyridine rings is 1. The highest BCUT2D eigenvalue weighted by molar-refractivity contribution is 7.92. The number of fused-ring (bicyclic) bond motifs is 1. The number of rotatable bonds is 6. The van der Waals surface area contributed by atoms with Crippen molar-refractivity contribution in [2.75, 3.05) is 11.9 Å². The smallest absolute Gasteiger partial charge is 0.265 e. The maximum atomic E-state index is 12.8. The zero-order chi connectivity index (χ0) is 26.2. The van der Waals surface area contributed by atoms with E-state index in [0.29, 0.717) is 41.6 Å². The number of sulfonamides is 1. The lowest BCUT2D eigenvalue weighted by Crippen LogP contribution is -2.53. The number of nitrogens with zero attached hydrogens (tertiary/aromatic N) is 5. The second kappa shape index (κ2) is 9.60.